The smallest absolute Gasteiger partial charge is 0.0991 e. The van der Waals surface area contributed by atoms with Gasteiger partial charge in [0.2, 0.25) is 0 Å². The zero-order chi connectivity index (χ0) is 8.11. The number of hydrogen-bond donors (Lipinski definition) is 0. The number of rotatable bonds is 0. The normalized spacial score (nSPS) is 47.6. The molecule has 2 saturated heterocycles. The summed E-state index contributed by atoms with van der Waals surface area (Å²) in [5, 5.41) is 0. The van der Waals surface area contributed by atoms with Gasteiger partial charge < -0.3 is 4.74 Å². The van der Waals surface area contributed by atoms with E-state index in [9.17, 15) is 4.21 Å². The molecule has 0 amide bonds. The number of hydrogen-bond acceptors (Lipinski definition) is 2. The zero-order valence-corrected chi connectivity index (χ0v) is 7.87. The fourth-order valence-corrected chi connectivity index (χ4v) is 3.27. The average Bonchev–Trinajstić information content (AvgIpc) is 2.44. The summed E-state index contributed by atoms with van der Waals surface area (Å²) < 4.78 is 16.7. The lowest BCUT2D eigenvalue weighted by Crippen LogP contribution is -2.30. The van der Waals surface area contributed by atoms with Gasteiger partial charge in [-0.3, -0.25) is 4.21 Å². The van der Waals surface area contributed by atoms with Crippen LogP contribution in [0, 0.1) is 0 Å². The Morgan fingerprint density at radius 1 is 1.27 bits per heavy atom. The van der Waals surface area contributed by atoms with E-state index in [4.69, 9.17) is 4.74 Å². The Kier molecular flexibility index (Phi) is 1.46. The van der Waals surface area contributed by atoms with Crippen LogP contribution in [0.3, 0.4) is 0 Å². The molecular formula is C8H14O2S. The largest absolute Gasteiger partial charge is 0.363 e. The van der Waals surface area contributed by atoms with E-state index in [1.807, 2.05) is 0 Å². The molecule has 64 valence electrons. The molecule has 0 unspecified atom stereocenters. The molecule has 2 aliphatic rings. The highest BCUT2D eigenvalue weighted by Gasteiger charge is 2.63. The maximum atomic E-state index is 11.0. The molecule has 0 aromatic rings. The summed E-state index contributed by atoms with van der Waals surface area (Å²) in [6, 6.07) is 0. The van der Waals surface area contributed by atoms with Gasteiger partial charge in [0, 0.05) is 22.3 Å². The van der Waals surface area contributed by atoms with Gasteiger partial charge in [-0.2, -0.15) is 0 Å². The molecule has 0 N–H and O–H groups in total. The van der Waals surface area contributed by atoms with Crippen molar-refractivity contribution in [2.24, 2.45) is 0 Å². The molecule has 0 radical (unpaired) electrons. The van der Waals surface area contributed by atoms with E-state index in [1.54, 1.807) is 0 Å². The van der Waals surface area contributed by atoms with Crippen LogP contribution < -0.4 is 0 Å². The molecule has 0 aromatic heterocycles. The zero-order valence-electron chi connectivity index (χ0n) is 7.05. The molecule has 0 aliphatic carbocycles. The van der Waals surface area contributed by atoms with E-state index in [1.165, 1.54) is 0 Å². The van der Waals surface area contributed by atoms with Gasteiger partial charge in [-0.15, -0.1) is 0 Å². The first kappa shape index (κ1) is 7.74. The van der Waals surface area contributed by atoms with Crippen molar-refractivity contribution in [1.29, 1.82) is 0 Å². The van der Waals surface area contributed by atoms with Crippen LogP contribution >= 0.6 is 0 Å². The fourth-order valence-electron chi connectivity index (χ4n) is 1.95. The van der Waals surface area contributed by atoms with Gasteiger partial charge in [-0.1, -0.05) is 0 Å². The topological polar surface area (TPSA) is 29.6 Å². The van der Waals surface area contributed by atoms with Crippen molar-refractivity contribution < 1.29 is 8.95 Å². The molecule has 3 heteroatoms. The van der Waals surface area contributed by atoms with Gasteiger partial charge in [0.25, 0.3) is 0 Å². The first-order chi connectivity index (χ1) is 5.06. The lowest BCUT2D eigenvalue weighted by atomic mass is 9.90. The Hall–Kier alpha value is 0.110. The summed E-state index contributed by atoms with van der Waals surface area (Å²) in [5.41, 5.74) is 0.179. The third-order valence-electron chi connectivity index (χ3n) is 2.97. The Labute approximate surface area is 69.8 Å². The Morgan fingerprint density at radius 3 is 2.09 bits per heavy atom. The predicted octanol–water partition coefficient (Wildman–Crippen LogP) is 1.08. The van der Waals surface area contributed by atoms with E-state index in [2.05, 4.69) is 13.8 Å². The molecule has 1 spiro atoms. The van der Waals surface area contributed by atoms with Crippen molar-refractivity contribution in [1.82, 2.24) is 0 Å². The van der Waals surface area contributed by atoms with Crippen LogP contribution in [0.1, 0.15) is 26.7 Å². The van der Waals surface area contributed by atoms with Crippen LogP contribution in [-0.2, 0) is 15.5 Å². The van der Waals surface area contributed by atoms with E-state index < -0.39 is 10.8 Å². The minimum atomic E-state index is -0.560. The summed E-state index contributed by atoms with van der Waals surface area (Å²) in [7, 11) is -0.560. The highest BCUT2D eigenvalue weighted by Crippen LogP contribution is 2.53. The maximum Gasteiger partial charge on any atom is 0.0991 e. The summed E-state index contributed by atoms with van der Waals surface area (Å²) in [6.07, 6.45) is 1.99. The molecule has 2 rings (SSSR count). The maximum absolute atomic E-state index is 11.0. The van der Waals surface area contributed by atoms with Gasteiger partial charge in [0.15, 0.2) is 0 Å². The second kappa shape index (κ2) is 2.07. The average molecular weight is 174 g/mol. The molecule has 2 nitrogen and oxygen atoms in total. The summed E-state index contributed by atoms with van der Waals surface area (Å²) in [4.78, 5) is 0. The monoisotopic (exact) mass is 174 g/mol. The van der Waals surface area contributed by atoms with Gasteiger partial charge in [-0.25, -0.2) is 0 Å². The van der Waals surface area contributed by atoms with Crippen molar-refractivity contribution in [3.05, 3.63) is 0 Å². The Bertz CT molecular complexity index is 200. The summed E-state index contributed by atoms with van der Waals surface area (Å²) >= 11 is 0. The lowest BCUT2D eigenvalue weighted by Gasteiger charge is -2.19. The second-order valence-electron chi connectivity index (χ2n) is 3.95. The Morgan fingerprint density at radius 2 is 1.73 bits per heavy atom. The van der Waals surface area contributed by atoms with Gasteiger partial charge in [-0.05, 0) is 26.7 Å². The standard InChI is InChI=1S/C8H14O2S/c1-7(2)8(10-7)3-5-11(9)6-4-8/h3-6H2,1-2H3. The van der Waals surface area contributed by atoms with Crippen molar-refractivity contribution in [3.63, 3.8) is 0 Å². The highest BCUT2D eigenvalue weighted by atomic mass is 32.2. The predicted molar refractivity (Wildman–Crippen MR) is 45.0 cm³/mol. The molecule has 2 fully saturated rings. The van der Waals surface area contributed by atoms with E-state index in [-0.39, 0.29) is 11.2 Å². The SMILES string of the molecule is CC1(C)OC12CCS(=O)CC2. The van der Waals surface area contributed by atoms with Crippen LogP contribution in [0.4, 0.5) is 0 Å². The van der Waals surface area contributed by atoms with E-state index in [0.717, 1.165) is 24.3 Å². The first-order valence-corrected chi connectivity index (χ1v) is 5.60. The molecule has 0 atom stereocenters. The van der Waals surface area contributed by atoms with E-state index >= 15 is 0 Å². The third-order valence-corrected chi connectivity index (χ3v) is 4.29. The number of epoxide rings is 1. The van der Waals surface area contributed by atoms with Gasteiger partial charge in [0.05, 0.1) is 11.2 Å². The molecule has 0 bridgehead atoms. The van der Waals surface area contributed by atoms with Crippen LogP contribution in [0.25, 0.3) is 0 Å². The summed E-state index contributed by atoms with van der Waals surface area (Å²) in [6.45, 7) is 4.25. The minimum Gasteiger partial charge on any atom is -0.363 e. The first-order valence-electron chi connectivity index (χ1n) is 4.11. The molecular weight excluding hydrogens is 160 g/mol. The second-order valence-corrected chi connectivity index (χ2v) is 5.65. The molecule has 2 heterocycles. The lowest BCUT2D eigenvalue weighted by molar-refractivity contribution is 0.263. The Balaban J connectivity index is 2.05. The molecule has 0 aromatic carbocycles. The van der Waals surface area contributed by atoms with E-state index in [0.29, 0.717) is 0 Å². The van der Waals surface area contributed by atoms with Gasteiger partial charge in [0.1, 0.15) is 0 Å². The highest BCUT2D eigenvalue weighted by molar-refractivity contribution is 7.85. The van der Waals surface area contributed by atoms with Crippen LogP contribution in [0.2, 0.25) is 0 Å². The quantitative estimate of drug-likeness (QED) is 0.514. The molecule has 2 aliphatic heterocycles. The third kappa shape index (κ3) is 1.05. The van der Waals surface area contributed by atoms with Crippen molar-refractivity contribution in [2.75, 3.05) is 11.5 Å². The van der Waals surface area contributed by atoms with Crippen molar-refractivity contribution >= 4 is 10.8 Å². The molecule has 11 heavy (non-hydrogen) atoms. The number of ether oxygens (including phenoxy) is 1. The van der Waals surface area contributed by atoms with Crippen LogP contribution in [0.5, 0.6) is 0 Å². The van der Waals surface area contributed by atoms with Crippen LogP contribution in [-0.4, -0.2) is 26.9 Å². The van der Waals surface area contributed by atoms with Crippen molar-refractivity contribution in [3.8, 4) is 0 Å². The van der Waals surface area contributed by atoms with Gasteiger partial charge >= 0.3 is 0 Å². The fraction of sp³-hybridized carbons (Fsp3) is 1.00. The minimum absolute atomic E-state index is 0.0671. The van der Waals surface area contributed by atoms with Crippen LogP contribution in [0.15, 0.2) is 0 Å². The van der Waals surface area contributed by atoms with Crippen molar-refractivity contribution in [2.45, 2.75) is 37.9 Å². The molecule has 0 saturated carbocycles. The summed E-state index contributed by atoms with van der Waals surface area (Å²) in [5.74, 6) is 1.67.